The zero-order chi connectivity index (χ0) is 11.5. The number of aromatic nitrogens is 1. The van der Waals surface area contributed by atoms with Crippen LogP contribution in [0.25, 0.3) is 0 Å². The molecule has 0 unspecified atom stereocenters. The number of pyridine rings is 1. The van der Waals surface area contributed by atoms with Gasteiger partial charge in [0.1, 0.15) is 5.82 Å². The fourth-order valence-corrected chi connectivity index (χ4v) is 1.72. The van der Waals surface area contributed by atoms with Crippen LogP contribution in [0.3, 0.4) is 0 Å². The first-order valence-electron chi connectivity index (χ1n) is 5.83. The molecule has 1 fully saturated rings. The van der Waals surface area contributed by atoms with Crippen molar-refractivity contribution in [1.29, 1.82) is 0 Å². The van der Waals surface area contributed by atoms with Crippen LogP contribution >= 0.6 is 0 Å². The molecule has 1 heterocycles. The van der Waals surface area contributed by atoms with Gasteiger partial charge in [0.15, 0.2) is 0 Å². The Labute approximate surface area is 96.8 Å². The molecule has 0 aromatic carbocycles. The topological polar surface area (TPSA) is 54.2 Å². The van der Waals surface area contributed by atoms with Gasteiger partial charge in [-0.05, 0) is 38.4 Å². The molecule has 4 heteroatoms. The smallest absolute Gasteiger partial charge is 0.126 e. The molecule has 2 rings (SSSR count). The largest absolute Gasteiger partial charge is 0.397 e. The molecule has 1 saturated carbocycles. The summed E-state index contributed by atoms with van der Waals surface area (Å²) in [5.41, 5.74) is 7.54. The zero-order valence-electron chi connectivity index (χ0n) is 10.0. The van der Waals surface area contributed by atoms with E-state index in [1.54, 1.807) is 6.20 Å². The number of likely N-dealkylation sites (N-methyl/N-ethyl adjacent to an activating group) is 1. The standard InChI is InChI=1S/C12H20N4/c1-9-7-12(15-8-11(9)13)14-5-6-16(2)10-3-4-10/h7-8,10H,3-6,13H2,1-2H3,(H,14,15). The molecule has 0 spiro atoms. The van der Waals surface area contributed by atoms with Crippen LogP contribution in [0, 0.1) is 6.92 Å². The molecule has 0 saturated heterocycles. The van der Waals surface area contributed by atoms with Gasteiger partial charge < -0.3 is 16.0 Å². The van der Waals surface area contributed by atoms with Crippen molar-refractivity contribution in [3.8, 4) is 0 Å². The van der Waals surface area contributed by atoms with E-state index in [1.165, 1.54) is 12.8 Å². The average molecular weight is 220 g/mol. The second kappa shape index (κ2) is 4.70. The maximum atomic E-state index is 5.72. The van der Waals surface area contributed by atoms with Gasteiger partial charge in [-0.25, -0.2) is 4.98 Å². The SMILES string of the molecule is Cc1cc(NCCN(C)C2CC2)ncc1N. The minimum absolute atomic E-state index is 0.751. The normalized spacial score (nSPS) is 15.4. The number of nitrogens with two attached hydrogens (primary N) is 1. The van der Waals surface area contributed by atoms with E-state index in [2.05, 4.69) is 22.2 Å². The van der Waals surface area contributed by atoms with E-state index >= 15 is 0 Å². The average Bonchev–Trinajstić information content (AvgIpc) is 3.07. The highest BCUT2D eigenvalue weighted by atomic mass is 15.2. The second-order valence-corrected chi connectivity index (χ2v) is 4.56. The Kier molecular flexibility index (Phi) is 3.29. The van der Waals surface area contributed by atoms with Crippen molar-refractivity contribution < 1.29 is 0 Å². The summed E-state index contributed by atoms with van der Waals surface area (Å²) in [6, 6.07) is 2.81. The van der Waals surface area contributed by atoms with Crippen molar-refractivity contribution in [2.75, 3.05) is 31.2 Å². The van der Waals surface area contributed by atoms with Gasteiger partial charge >= 0.3 is 0 Å². The third-order valence-corrected chi connectivity index (χ3v) is 3.09. The number of hydrogen-bond acceptors (Lipinski definition) is 4. The van der Waals surface area contributed by atoms with Crippen LogP contribution in [-0.4, -0.2) is 36.1 Å². The lowest BCUT2D eigenvalue weighted by molar-refractivity contribution is 0.337. The van der Waals surface area contributed by atoms with Crippen LogP contribution < -0.4 is 11.1 Å². The molecule has 3 N–H and O–H groups in total. The number of nitrogens with zero attached hydrogens (tertiary/aromatic N) is 2. The Balaban J connectivity index is 1.78. The lowest BCUT2D eigenvalue weighted by Crippen LogP contribution is -2.27. The Hall–Kier alpha value is -1.29. The van der Waals surface area contributed by atoms with E-state index in [9.17, 15) is 0 Å². The second-order valence-electron chi connectivity index (χ2n) is 4.56. The van der Waals surface area contributed by atoms with Crippen molar-refractivity contribution in [2.45, 2.75) is 25.8 Å². The maximum Gasteiger partial charge on any atom is 0.126 e. The van der Waals surface area contributed by atoms with E-state index in [0.717, 1.165) is 36.2 Å². The number of hydrogen-bond donors (Lipinski definition) is 2. The van der Waals surface area contributed by atoms with E-state index in [-0.39, 0.29) is 0 Å². The molecule has 4 nitrogen and oxygen atoms in total. The third kappa shape index (κ3) is 2.85. The summed E-state index contributed by atoms with van der Waals surface area (Å²) >= 11 is 0. The molecule has 16 heavy (non-hydrogen) atoms. The molecule has 1 aliphatic rings. The molecule has 0 bridgehead atoms. The highest BCUT2D eigenvalue weighted by molar-refractivity contribution is 5.50. The van der Waals surface area contributed by atoms with Crippen LogP contribution in [0.15, 0.2) is 12.3 Å². The fourth-order valence-electron chi connectivity index (χ4n) is 1.72. The molecule has 0 amide bonds. The van der Waals surface area contributed by atoms with Crippen LogP contribution in [-0.2, 0) is 0 Å². The summed E-state index contributed by atoms with van der Waals surface area (Å²) in [7, 11) is 2.18. The molecule has 88 valence electrons. The van der Waals surface area contributed by atoms with Gasteiger partial charge in [0.2, 0.25) is 0 Å². The number of anilines is 2. The van der Waals surface area contributed by atoms with E-state index in [4.69, 9.17) is 5.73 Å². The predicted molar refractivity (Wildman–Crippen MR) is 67.5 cm³/mol. The van der Waals surface area contributed by atoms with Crippen molar-refractivity contribution in [2.24, 2.45) is 0 Å². The van der Waals surface area contributed by atoms with Crippen molar-refractivity contribution in [3.05, 3.63) is 17.8 Å². The molecule has 1 aromatic rings. The number of rotatable bonds is 5. The molecular formula is C12H20N4. The number of nitrogens with one attached hydrogen (secondary N) is 1. The van der Waals surface area contributed by atoms with Crippen molar-refractivity contribution in [1.82, 2.24) is 9.88 Å². The molecule has 1 aliphatic carbocycles. The number of nitrogen functional groups attached to an aromatic ring is 1. The highest BCUT2D eigenvalue weighted by Crippen LogP contribution is 2.24. The van der Waals surface area contributed by atoms with Gasteiger partial charge in [0.05, 0.1) is 11.9 Å². The third-order valence-electron chi connectivity index (χ3n) is 3.09. The van der Waals surface area contributed by atoms with Crippen molar-refractivity contribution in [3.63, 3.8) is 0 Å². The van der Waals surface area contributed by atoms with Crippen LogP contribution in [0.1, 0.15) is 18.4 Å². The van der Waals surface area contributed by atoms with Crippen LogP contribution in [0.5, 0.6) is 0 Å². The number of aryl methyl sites for hydroxylation is 1. The predicted octanol–water partition coefficient (Wildman–Crippen LogP) is 1.48. The van der Waals surface area contributed by atoms with E-state index in [0.29, 0.717) is 0 Å². The fraction of sp³-hybridized carbons (Fsp3) is 0.583. The van der Waals surface area contributed by atoms with E-state index in [1.807, 2.05) is 13.0 Å². The molecular weight excluding hydrogens is 200 g/mol. The van der Waals surface area contributed by atoms with Gasteiger partial charge in [0, 0.05) is 19.1 Å². The van der Waals surface area contributed by atoms with Crippen LogP contribution in [0.4, 0.5) is 11.5 Å². The summed E-state index contributed by atoms with van der Waals surface area (Å²) in [5, 5.41) is 3.32. The first-order valence-corrected chi connectivity index (χ1v) is 5.83. The van der Waals surface area contributed by atoms with Gasteiger partial charge in [-0.15, -0.1) is 0 Å². The van der Waals surface area contributed by atoms with Gasteiger partial charge in [-0.1, -0.05) is 0 Å². The monoisotopic (exact) mass is 220 g/mol. The summed E-state index contributed by atoms with van der Waals surface area (Å²) in [5.74, 6) is 0.913. The Morgan fingerprint density at radius 2 is 2.31 bits per heavy atom. The Morgan fingerprint density at radius 3 is 2.94 bits per heavy atom. The maximum absolute atomic E-state index is 5.72. The van der Waals surface area contributed by atoms with Gasteiger partial charge in [-0.2, -0.15) is 0 Å². The van der Waals surface area contributed by atoms with Gasteiger partial charge in [0.25, 0.3) is 0 Å². The minimum Gasteiger partial charge on any atom is -0.397 e. The lowest BCUT2D eigenvalue weighted by atomic mass is 10.2. The summed E-state index contributed by atoms with van der Waals surface area (Å²) < 4.78 is 0. The quantitative estimate of drug-likeness (QED) is 0.789. The first kappa shape index (κ1) is 11.2. The summed E-state index contributed by atoms with van der Waals surface area (Å²) in [4.78, 5) is 6.64. The van der Waals surface area contributed by atoms with Gasteiger partial charge in [-0.3, -0.25) is 0 Å². The highest BCUT2D eigenvalue weighted by Gasteiger charge is 2.25. The molecule has 1 aromatic heterocycles. The summed E-state index contributed by atoms with van der Waals surface area (Å²) in [6.45, 7) is 4.00. The molecule has 0 radical (unpaired) electrons. The summed E-state index contributed by atoms with van der Waals surface area (Å²) in [6.07, 6.45) is 4.42. The zero-order valence-corrected chi connectivity index (χ0v) is 10.0. The van der Waals surface area contributed by atoms with Crippen molar-refractivity contribution >= 4 is 11.5 Å². The first-order chi connectivity index (χ1) is 7.66. The minimum atomic E-state index is 0.751. The van der Waals surface area contributed by atoms with E-state index < -0.39 is 0 Å². The molecule has 0 aliphatic heterocycles. The lowest BCUT2D eigenvalue weighted by Gasteiger charge is -2.16. The Bertz CT molecular complexity index is 360. The van der Waals surface area contributed by atoms with Crippen LogP contribution in [0.2, 0.25) is 0 Å². The Morgan fingerprint density at radius 1 is 1.56 bits per heavy atom. The molecule has 0 atom stereocenters.